The van der Waals surface area contributed by atoms with E-state index >= 15 is 0 Å². The summed E-state index contributed by atoms with van der Waals surface area (Å²) in [5.41, 5.74) is 2.59. The first-order valence-electron chi connectivity index (χ1n) is 19.9. The summed E-state index contributed by atoms with van der Waals surface area (Å²) in [6, 6.07) is 13.9. The Bertz CT molecular complexity index is 2020. The van der Waals surface area contributed by atoms with Gasteiger partial charge in [-0.2, -0.15) is 18.2 Å². The van der Waals surface area contributed by atoms with Crippen molar-refractivity contribution in [2.75, 3.05) is 77.2 Å². The zero-order valence-electron chi connectivity index (χ0n) is 34.1. The third kappa shape index (κ3) is 12.2. The van der Waals surface area contributed by atoms with E-state index in [-0.39, 0.29) is 24.2 Å². The maximum atomic E-state index is 13.1. The van der Waals surface area contributed by atoms with Gasteiger partial charge >= 0.3 is 6.18 Å². The molecule has 2 saturated heterocycles. The third-order valence-electron chi connectivity index (χ3n) is 10.2. The quantitative estimate of drug-likeness (QED) is 0.0907. The lowest BCUT2D eigenvalue weighted by atomic mass is 9.87. The lowest BCUT2D eigenvalue weighted by molar-refractivity contribution is -0.139. The molecule has 4 aromatic rings. The summed E-state index contributed by atoms with van der Waals surface area (Å²) in [7, 11) is 6.00. The van der Waals surface area contributed by atoms with E-state index in [1.165, 1.54) is 30.7 Å². The maximum absolute atomic E-state index is 13.1. The molecule has 2 aromatic heterocycles. The molecule has 3 fully saturated rings. The fourth-order valence-corrected chi connectivity index (χ4v) is 7.46. The molecule has 0 radical (unpaired) electrons. The number of alkyl halides is 3. The van der Waals surface area contributed by atoms with Crippen molar-refractivity contribution < 1.29 is 37.1 Å². The summed E-state index contributed by atoms with van der Waals surface area (Å²) in [5.74, 6) is -1.37. The molecule has 4 heterocycles. The van der Waals surface area contributed by atoms with E-state index in [2.05, 4.69) is 59.6 Å². The van der Waals surface area contributed by atoms with Crippen LogP contribution in [0.3, 0.4) is 0 Å². The van der Waals surface area contributed by atoms with Crippen LogP contribution in [0.5, 0.6) is 5.75 Å². The number of benzene rings is 2. The van der Waals surface area contributed by atoms with E-state index in [0.29, 0.717) is 30.8 Å². The summed E-state index contributed by atoms with van der Waals surface area (Å²) in [6.45, 7) is 7.49. The Morgan fingerprint density at radius 3 is 2.27 bits per heavy atom. The topological polar surface area (TPSA) is 154 Å². The molecule has 1 aliphatic carbocycles. The molecule has 318 valence electrons. The second kappa shape index (κ2) is 20.9. The molecule has 1 atom stereocenters. The van der Waals surface area contributed by atoms with Crippen molar-refractivity contribution in [3.05, 3.63) is 71.5 Å². The maximum Gasteiger partial charge on any atom is 0.416 e. The number of aromatic nitrogens is 3. The molecule has 0 bridgehead atoms. The molecule has 1 unspecified atom stereocenters. The highest BCUT2D eigenvalue weighted by atomic mass is 19.4. The van der Waals surface area contributed by atoms with Gasteiger partial charge < -0.3 is 29.7 Å². The molecule has 7 rings (SSSR count). The first-order chi connectivity index (χ1) is 28.3. The highest BCUT2D eigenvalue weighted by Gasteiger charge is 2.39. The average molecular weight is 822 g/mol. The number of fused-ring (bicyclic) bond motifs is 1. The van der Waals surface area contributed by atoms with Crippen molar-refractivity contribution in [1.29, 1.82) is 0 Å². The number of anilines is 3. The number of halogens is 3. The van der Waals surface area contributed by atoms with Crippen molar-refractivity contribution >= 4 is 52.9 Å². The highest BCUT2D eigenvalue weighted by Crippen LogP contribution is 2.39. The number of nitrogens with zero attached hydrogens (tertiary/aromatic N) is 6. The van der Waals surface area contributed by atoms with Crippen LogP contribution in [-0.4, -0.2) is 116 Å². The second-order valence-electron chi connectivity index (χ2n) is 15.1. The van der Waals surface area contributed by atoms with E-state index in [1.807, 2.05) is 32.1 Å². The minimum atomic E-state index is -4.57. The molecule has 2 aliphatic heterocycles. The summed E-state index contributed by atoms with van der Waals surface area (Å²) >= 11 is 0. The summed E-state index contributed by atoms with van der Waals surface area (Å²) < 4.78 is 46.5. The van der Waals surface area contributed by atoms with Gasteiger partial charge in [0.1, 0.15) is 11.4 Å². The van der Waals surface area contributed by atoms with Crippen molar-refractivity contribution in [3.8, 4) is 5.75 Å². The zero-order chi connectivity index (χ0) is 42.5. The van der Waals surface area contributed by atoms with Gasteiger partial charge in [0, 0.05) is 74.7 Å². The molecular weight excluding hydrogens is 768 g/mol. The van der Waals surface area contributed by atoms with Crippen LogP contribution in [-0.2, 0) is 20.6 Å². The standard InChI is InChI=1S/C25H31N7O2.C14H14F3NO3.C3H9N/c33-17-23-15-19-16-27-25(29-24(19)32(23)22-3-1-2-4-22)28-20-5-7-21(8-6-20)31-13-11-30(12-14-31)10-9-26-18-34;1-2-21-8-3-5-11(14(15,16)17)10(7-8)9-4-6-12(19)18-13(9)20;1-4(2)3/h5-8,15-18,22H,1-4,9-14H2,(H,26,34)(H,27,28,29);3,5,7,9H,2,4,6H2,1H3,(H,18,19,20);1-3H3. The minimum Gasteiger partial charge on any atom is -0.494 e. The van der Waals surface area contributed by atoms with E-state index in [0.717, 1.165) is 81.0 Å². The van der Waals surface area contributed by atoms with Gasteiger partial charge in [-0.05, 0) is 101 Å². The summed E-state index contributed by atoms with van der Waals surface area (Å²) in [6.07, 6.45) is 3.54. The second-order valence-corrected chi connectivity index (χ2v) is 15.1. The average Bonchev–Trinajstić information content (AvgIpc) is 3.86. The first kappa shape index (κ1) is 44.6. The third-order valence-corrected chi connectivity index (χ3v) is 10.2. The number of carbonyl (C=O) groups is 4. The van der Waals surface area contributed by atoms with Gasteiger partial charge in [0.05, 0.1) is 23.8 Å². The molecular formula is C42H54F3N9O5. The number of carbonyl (C=O) groups excluding carboxylic acids is 4. The van der Waals surface area contributed by atoms with Gasteiger partial charge in [0.15, 0.2) is 6.29 Å². The van der Waals surface area contributed by atoms with Crippen LogP contribution in [0, 0.1) is 0 Å². The number of hydrogen-bond acceptors (Lipinski definition) is 11. The van der Waals surface area contributed by atoms with Gasteiger partial charge in [0.25, 0.3) is 0 Å². The first-order valence-corrected chi connectivity index (χ1v) is 19.9. The van der Waals surface area contributed by atoms with Crippen LogP contribution in [0.4, 0.5) is 30.5 Å². The van der Waals surface area contributed by atoms with E-state index in [1.54, 1.807) is 13.1 Å². The molecule has 17 heteroatoms. The number of piperidine rings is 1. The van der Waals surface area contributed by atoms with Gasteiger partial charge in [-0.1, -0.05) is 12.8 Å². The number of nitrogens with one attached hydrogen (secondary N) is 3. The number of aldehydes is 1. The molecule has 3 aliphatic rings. The predicted molar refractivity (Wildman–Crippen MR) is 220 cm³/mol. The molecule has 3 N–H and O–H groups in total. The van der Waals surface area contributed by atoms with Crippen LogP contribution < -0.4 is 25.6 Å². The number of hydrogen-bond donors (Lipinski definition) is 3. The van der Waals surface area contributed by atoms with E-state index in [9.17, 15) is 32.3 Å². The molecule has 14 nitrogen and oxygen atoms in total. The Morgan fingerprint density at radius 1 is 0.966 bits per heavy atom. The van der Waals surface area contributed by atoms with Crippen molar-refractivity contribution in [1.82, 2.24) is 35.0 Å². The van der Waals surface area contributed by atoms with E-state index in [4.69, 9.17) is 9.72 Å². The number of rotatable bonds is 12. The van der Waals surface area contributed by atoms with Crippen LogP contribution in [0.25, 0.3) is 11.0 Å². The monoisotopic (exact) mass is 821 g/mol. The number of amides is 3. The Hall–Kier alpha value is -5.55. The van der Waals surface area contributed by atoms with Gasteiger partial charge in [-0.3, -0.25) is 29.4 Å². The highest BCUT2D eigenvalue weighted by molar-refractivity contribution is 6.01. The Kier molecular flexibility index (Phi) is 15.8. The lowest BCUT2D eigenvalue weighted by Crippen LogP contribution is -2.48. The molecule has 3 amide bonds. The molecule has 59 heavy (non-hydrogen) atoms. The minimum absolute atomic E-state index is 0.0204. The van der Waals surface area contributed by atoms with Gasteiger partial charge in [0.2, 0.25) is 24.2 Å². The van der Waals surface area contributed by atoms with Crippen LogP contribution in [0.15, 0.2) is 54.7 Å². The Morgan fingerprint density at radius 2 is 1.66 bits per heavy atom. The SMILES string of the molecule is CCOc1ccc(C(F)(F)F)c(C2CCC(=O)NC2=O)c1.CN(C)C.O=CNCCN1CCN(c2ccc(Nc3ncc4cc(C=O)n(C5CCCC5)c4n3)cc2)CC1. The van der Waals surface area contributed by atoms with E-state index < -0.39 is 29.5 Å². The van der Waals surface area contributed by atoms with Crippen molar-refractivity contribution in [3.63, 3.8) is 0 Å². The number of piperazine rings is 1. The fourth-order valence-electron chi connectivity index (χ4n) is 7.46. The van der Waals surface area contributed by atoms with Crippen LogP contribution >= 0.6 is 0 Å². The molecule has 2 aromatic carbocycles. The Labute approximate surface area is 342 Å². The van der Waals surface area contributed by atoms with Crippen molar-refractivity contribution in [2.45, 2.75) is 63.6 Å². The van der Waals surface area contributed by atoms with Gasteiger partial charge in [-0.15, -0.1) is 0 Å². The van der Waals surface area contributed by atoms with Crippen LogP contribution in [0.2, 0.25) is 0 Å². The normalized spacial score (nSPS) is 17.4. The summed E-state index contributed by atoms with van der Waals surface area (Å²) in [5, 5.41) is 9.02. The van der Waals surface area contributed by atoms with Gasteiger partial charge in [-0.25, -0.2) is 4.98 Å². The molecule has 1 saturated carbocycles. The zero-order valence-corrected chi connectivity index (χ0v) is 34.1. The lowest BCUT2D eigenvalue weighted by Gasteiger charge is -2.36. The number of imide groups is 1. The molecule has 0 spiro atoms. The smallest absolute Gasteiger partial charge is 0.416 e. The number of ether oxygens (including phenoxy) is 1. The Balaban J connectivity index is 0.000000226. The predicted octanol–water partition coefficient (Wildman–Crippen LogP) is 5.77. The summed E-state index contributed by atoms with van der Waals surface area (Å²) in [4.78, 5) is 61.0. The fraction of sp³-hybridized carbons (Fsp3) is 0.476. The largest absolute Gasteiger partial charge is 0.494 e. The van der Waals surface area contributed by atoms with Crippen molar-refractivity contribution in [2.24, 2.45) is 0 Å². The van der Waals surface area contributed by atoms with Crippen LogP contribution in [0.1, 0.15) is 79.0 Å².